The lowest BCUT2D eigenvalue weighted by Gasteiger charge is -2.35. The predicted octanol–water partition coefficient (Wildman–Crippen LogP) is 3.78. The SMILES string of the molecule is CC(C)(C)OC(=O)C(CCCCN)CC1(C(=O)NC2CCC(C(=O)O)CC2)CCCC1. The normalized spacial score (nSPS) is 24.4. The van der Waals surface area contributed by atoms with Crippen molar-refractivity contribution in [2.24, 2.45) is 23.0 Å². The van der Waals surface area contributed by atoms with Crippen LogP contribution in [0, 0.1) is 17.3 Å². The van der Waals surface area contributed by atoms with Gasteiger partial charge in [0.05, 0.1) is 17.3 Å². The Hall–Kier alpha value is -1.63. The molecule has 0 aliphatic heterocycles. The molecule has 1 amide bonds. The lowest BCUT2D eigenvalue weighted by molar-refractivity contribution is -0.162. The summed E-state index contributed by atoms with van der Waals surface area (Å²) in [5.74, 6) is -1.53. The zero-order valence-electron chi connectivity index (χ0n) is 19.6. The van der Waals surface area contributed by atoms with E-state index in [1.165, 1.54) is 0 Å². The molecule has 31 heavy (non-hydrogen) atoms. The van der Waals surface area contributed by atoms with E-state index < -0.39 is 17.0 Å². The molecule has 0 aromatic heterocycles. The number of carbonyl (C=O) groups is 3. The number of esters is 1. The molecule has 4 N–H and O–H groups in total. The molecule has 1 atom stereocenters. The summed E-state index contributed by atoms with van der Waals surface area (Å²) in [6, 6.07) is 0.0257. The Balaban J connectivity index is 2.06. The van der Waals surface area contributed by atoms with Gasteiger partial charge in [-0.3, -0.25) is 14.4 Å². The van der Waals surface area contributed by atoms with E-state index in [-0.39, 0.29) is 29.8 Å². The summed E-state index contributed by atoms with van der Waals surface area (Å²) in [5, 5.41) is 12.4. The van der Waals surface area contributed by atoms with Gasteiger partial charge >= 0.3 is 11.9 Å². The van der Waals surface area contributed by atoms with Gasteiger partial charge in [0.15, 0.2) is 0 Å². The number of carbonyl (C=O) groups excluding carboxylic acids is 2. The molecule has 0 saturated heterocycles. The van der Waals surface area contributed by atoms with E-state index in [4.69, 9.17) is 10.5 Å². The zero-order valence-corrected chi connectivity index (χ0v) is 19.6. The monoisotopic (exact) mass is 438 g/mol. The van der Waals surface area contributed by atoms with Gasteiger partial charge in [0.25, 0.3) is 0 Å². The zero-order chi connectivity index (χ0) is 23.1. The molecule has 0 radical (unpaired) electrons. The second-order valence-electron chi connectivity index (χ2n) is 10.6. The number of hydrogen-bond acceptors (Lipinski definition) is 5. The Morgan fingerprint density at radius 2 is 1.71 bits per heavy atom. The number of carboxylic acid groups (broad SMARTS) is 1. The molecule has 2 saturated carbocycles. The average molecular weight is 439 g/mol. The van der Waals surface area contributed by atoms with Crippen LogP contribution in [-0.2, 0) is 19.1 Å². The van der Waals surface area contributed by atoms with Gasteiger partial charge in [-0.2, -0.15) is 0 Å². The lowest BCUT2D eigenvalue weighted by Crippen LogP contribution is -2.47. The number of nitrogens with one attached hydrogen (secondary N) is 1. The fourth-order valence-electron chi connectivity index (χ4n) is 5.09. The highest BCUT2D eigenvalue weighted by atomic mass is 16.6. The van der Waals surface area contributed by atoms with Gasteiger partial charge in [0, 0.05) is 6.04 Å². The molecular formula is C24H42N2O5. The van der Waals surface area contributed by atoms with Crippen LogP contribution in [0.15, 0.2) is 0 Å². The largest absolute Gasteiger partial charge is 0.481 e. The van der Waals surface area contributed by atoms with Crippen LogP contribution in [0.1, 0.15) is 97.8 Å². The van der Waals surface area contributed by atoms with Crippen molar-refractivity contribution in [3.8, 4) is 0 Å². The third-order valence-electron chi connectivity index (χ3n) is 6.84. The molecule has 0 bridgehead atoms. The molecule has 0 aromatic rings. The summed E-state index contributed by atoms with van der Waals surface area (Å²) >= 11 is 0. The van der Waals surface area contributed by atoms with Gasteiger partial charge in [-0.25, -0.2) is 0 Å². The van der Waals surface area contributed by atoms with Gasteiger partial charge < -0.3 is 20.9 Å². The van der Waals surface area contributed by atoms with E-state index in [2.05, 4.69) is 5.32 Å². The van der Waals surface area contributed by atoms with Crippen LogP contribution in [0.3, 0.4) is 0 Å². The number of ether oxygens (including phenoxy) is 1. The first kappa shape index (κ1) is 25.6. The van der Waals surface area contributed by atoms with Crippen molar-refractivity contribution >= 4 is 17.8 Å². The fraction of sp³-hybridized carbons (Fsp3) is 0.875. The highest BCUT2D eigenvalue weighted by molar-refractivity contribution is 5.84. The van der Waals surface area contributed by atoms with Crippen LogP contribution in [0.25, 0.3) is 0 Å². The third-order valence-corrected chi connectivity index (χ3v) is 6.84. The molecule has 2 rings (SSSR count). The van der Waals surface area contributed by atoms with Crippen molar-refractivity contribution in [1.29, 1.82) is 0 Å². The maximum Gasteiger partial charge on any atom is 0.309 e. The topological polar surface area (TPSA) is 119 Å². The highest BCUT2D eigenvalue weighted by Crippen LogP contribution is 2.45. The van der Waals surface area contributed by atoms with E-state index in [1.54, 1.807) is 0 Å². The first-order chi connectivity index (χ1) is 14.6. The molecule has 0 spiro atoms. The van der Waals surface area contributed by atoms with Crippen LogP contribution in [0.5, 0.6) is 0 Å². The summed E-state index contributed by atoms with van der Waals surface area (Å²) in [6.45, 7) is 6.19. The molecule has 1 unspecified atom stereocenters. The van der Waals surface area contributed by atoms with Crippen molar-refractivity contribution in [2.75, 3.05) is 6.54 Å². The predicted molar refractivity (Wildman–Crippen MR) is 119 cm³/mol. The Bertz CT molecular complexity index is 614. The molecule has 7 nitrogen and oxygen atoms in total. The maximum absolute atomic E-state index is 13.4. The standard InChI is InChI=1S/C24H42N2O5/c1-23(2,3)31-21(29)18(8-4-7-15-25)16-24(13-5-6-14-24)22(30)26-19-11-9-17(10-12-19)20(27)28/h17-19H,4-16,25H2,1-3H3,(H,26,30)(H,27,28). The Morgan fingerprint density at radius 3 is 2.23 bits per heavy atom. The fourth-order valence-corrected chi connectivity index (χ4v) is 5.09. The molecule has 178 valence electrons. The van der Waals surface area contributed by atoms with Gasteiger partial charge in [-0.15, -0.1) is 0 Å². The van der Waals surface area contributed by atoms with E-state index in [1.807, 2.05) is 20.8 Å². The minimum Gasteiger partial charge on any atom is -0.481 e. The molecule has 2 aliphatic carbocycles. The molecule has 2 fully saturated rings. The molecule has 2 aliphatic rings. The number of aliphatic carboxylic acids is 1. The van der Waals surface area contributed by atoms with Gasteiger partial charge in [-0.05, 0) is 85.1 Å². The van der Waals surface area contributed by atoms with E-state index in [0.29, 0.717) is 45.1 Å². The van der Waals surface area contributed by atoms with Crippen LogP contribution in [0.2, 0.25) is 0 Å². The number of rotatable bonds is 10. The van der Waals surface area contributed by atoms with Crippen molar-refractivity contribution in [2.45, 2.75) is 109 Å². The number of hydrogen-bond donors (Lipinski definition) is 3. The van der Waals surface area contributed by atoms with Crippen molar-refractivity contribution in [3.63, 3.8) is 0 Å². The van der Waals surface area contributed by atoms with E-state index in [0.717, 1.165) is 38.5 Å². The molecule has 0 heterocycles. The first-order valence-electron chi connectivity index (χ1n) is 12.0. The highest BCUT2D eigenvalue weighted by Gasteiger charge is 2.45. The maximum atomic E-state index is 13.4. The molecule has 7 heteroatoms. The summed E-state index contributed by atoms with van der Waals surface area (Å²) in [5.41, 5.74) is 4.55. The Morgan fingerprint density at radius 1 is 1.10 bits per heavy atom. The minimum absolute atomic E-state index is 0.0257. The van der Waals surface area contributed by atoms with Crippen LogP contribution >= 0.6 is 0 Å². The summed E-state index contributed by atoms with van der Waals surface area (Å²) in [4.78, 5) is 37.6. The number of amides is 1. The summed E-state index contributed by atoms with van der Waals surface area (Å²) < 4.78 is 5.69. The molecule has 0 aromatic carbocycles. The van der Waals surface area contributed by atoms with Gasteiger partial charge in [-0.1, -0.05) is 19.3 Å². The number of unbranched alkanes of at least 4 members (excludes halogenated alkanes) is 1. The second kappa shape index (κ2) is 11.3. The van der Waals surface area contributed by atoms with Crippen LogP contribution in [0.4, 0.5) is 0 Å². The lowest BCUT2D eigenvalue weighted by atomic mass is 9.75. The van der Waals surface area contributed by atoms with Crippen molar-refractivity contribution in [3.05, 3.63) is 0 Å². The summed E-state index contributed by atoms with van der Waals surface area (Å²) in [6.07, 6.45) is 9.07. The van der Waals surface area contributed by atoms with Gasteiger partial charge in [0.1, 0.15) is 5.60 Å². The Kier molecular flexibility index (Phi) is 9.34. The smallest absolute Gasteiger partial charge is 0.309 e. The van der Waals surface area contributed by atoms with E-state index in [9.17, 15) is 19.5 Å². The van der Waals surface area contributed by atoms with Crippen molar-refractivity contribution < 1.29 is 24.2 Å². The summed E-state index contributed by atoms with van der Waals surface area (Å²) in [7, 11) is 0. The van der Waals surface area contributed by atoms with Gasteiger partial charge in [0.2, 0.25) is 5.91 Å². The van der Waals surface area contributed by atoms with Crippen molar-refractivity contribution in [1.82, 2.24) is 5.32 Å². The molecular weight excluding hydrogens is 396 g/mol. The Labute approximate surface area is 186 Å². The first-order valence-corrected chi connectivity index (χ1v) is 12.0. The van der Waals surface area contributed by atoms with Crippen LogP contribution in [-0.4, -0.2) is 41.1 Å². The number of carboxylic acids is 1. The van der Waals surface area contributed by atoms with Crippen LogP contribution < -0.4 is 11.1 Å². The average Bonchev–Trinajstić information content (AvgIpc) is 3.16. The number of nitrogens with two attached hydrogens (primary N) is 1. The third kappa shape index (κ3) is 7.78. The quantitative estimate of drug-likeness (QED) is 0.353. The van der Waals surface area contributed by atoms with E-state index >= 15 is 0 Å². The second-order valence-corrected chi connectivity index (χ2v) is 10.6. The minimum atomic E-state index is -0.741.